The van der Waals surface area contributed by atoms with Gasteiger partial charge >= 0.3 is 0 Å². The third-order valence-corrected chi connectivity index (χ3v) is 4.77. The number of allylic oxidation sites excluding steroid dienone is 3. The van der Waals surface area contributed by atoms with Crippen LogP contribution in [0.2, 0.25) is 0 Å². The summed E-state index contributed by atoms with van der Waals surface area (Å²) in [5.74, 6) is -0.295. The molecule has 1 aromatic carbocycles. The van der Waals surface area contributed by atoms with Crippen LogP contribution in [-0.4, -0.2) is 10.2 Å². The fourth-order valence-corrected chi connectivity index (χ4v) is 3.49. The average Bonchev–Trinajstić information content (AvgIpc) is 2.53. The molecule has 1 aromatic rings. The van der Waals surface area contributed by atoms with Crippen molar-refractivity contribution >= 4 is 0 Å². The standard InChI is InChI=1S/C21H30O2/c1-5-6-7-8-16-12-19(22)21(20(23)13-16)18-11-15(4)9-10-17(18)14(2)3/h11-13,17-18,22-23H,2,5-10H2,1,3-4H3/t17?,18-/m0/s1/i4D3. The lowest BCUT2D eigenvalue weighted by molar-refractivity contribution is 0.406. The maximum absolute atomic E-state index is 10.6. The third kappa shape index (κ3) is 4.19. The van der Waals surface area contributed by atoms with Crippen LogP contribution in [0.1, 0.15) is 74.0 Å². The zero-order valence-corrected chi connectivity index (χ0v) is 14.2. The van der Waals surface area contributed by atoms with Gasteiger partial charge in [0.05, 0.1) is 0 Å². The number of aromatic hydroxyl groups is 2. The molecule has 2 atom stereocenters. The molecule has 0 radical (unpaired) electrons. The molecule has 126 valence electrons. The van der Waals surface area contributed by atoms with E-state index in [9.17, 15) is 10.2 Å². The van der Waals surface area contributed by atoms with Crippen molar-refractivity contribution in [3.05, 3.63) is 47.1 Å². The number of hydrogen-bond acceptors (Lipinski definition) is 2. The monoisotopic (exact) mass is 317 g/mol. The molecule has 0 aliphatic heterocycles. The molecule has 1 aliphatic rings. The van der Waals surface area contributed by atoms with Gasteiger partial charge < -0.3 is 10.2 Å². The Morgan fingerprint density at radius 1 is 1.30 bits per heavy atom. The highest BCUT2D eigenvalue weighted by atomic mass is 16.3. The number of benzene rings is 1. The first-order valence-electron chi connectivity index (χ1n) is 10.1. The Morgan fingerprint density at radius 2 is 2.00 bits per heavy atom. The van der Waals surface area contributed by atoms with Gasteiger partial charge in [-0.05, 0) is 63.1 Å². The van der Waals surface area contributed by atoms with E-state index in [1.165, 1.54) is 0 Å². The Bertz CT molecular complexity index is 666. The number of rotatable bonds is 6. The van der Waals surface area contributed by atoms with Gasteiger partial charge in [-0.15, -0.1) is 0 Å². The van der Waals surface area contributed by atoms with Gasteiger partial charge in [-0.25, -0.2) is 0 Å². The summed E-state index contributed by atoms with van der Waals surface area (Å²) in [5.41, 5.74) is 2.64. The first-order chi connectivity index (χ1) is 12.1. The van der Waals surface area contributed by atoms with Crippen molar-refractivity contribution in [2.75, 3.05) is 0 Å². The topological polar surface area (TPSA) is 40.5 Å². The lowest BCUT2D eigenvalue weighted by Crippen LogP contribution is -2.17. The summed E-state index contributed by atoms with van der Waals surface area (Å²) >= 11 is 0. The summed E-state index contributed by atoms with van der Waals surface area (Å²) in [6.07, 6.45) is 6.88. The number of aryl methyl sites for hydroxylation is 1. The Kier molecular flexibility index (Phi) is 4.60. The predicted octanol–water partition coefficient (Wildman–Crippen LogP) is 5.85. The number of phenolic OH excluding ortho intramolecular Hbond substituents is 2. The fraction of sp³-hybridized carbons (Fsp3) is 0.524. The number of unbranched alkanes of at least 4 members (excludes halogenated alkanes) is 2. The Hall–Kier alpha value is -1.70. The predicted molar refractivity (Wildman–Crippen MR) is 97.0 cm³/mol. The molecule has 2 rings (SSSR count). The van der Waals surface area contributed by atoms with Crippen LogP contribution in [-0.2, 0) is 6.42 Å². The van der Waals surface area contributed by atoms with Crippen LogP contribution in [0.4, 0.5) is 0 Å². The van der Waals surface area contributed by atoms with Crippen molar-refractivity contribution in [3.63, 3.8) is 0 Å². The van der Waals surface area contributed by atoms with E-state index in [2.05, 4.69) is 13.5 Å². The van der Waals surface area contributed by atoms with E-state index in [1.807, 2.05) is 6.92 Å². The highest BCUT2D eigenvalue weighted by molar-refractivity contribution is 5.51. The summed E-state index contributed by atoms with van der Waals surface area (Å²) in [4.78, 5) is 0. The molecule has 2 N–H and O–H groups in total. The van der Waals surface area contributed by atoms with E-state index >= 15 is 0 Å². The summed E-state index contributed by atoms with van der Waals surface area (Å²) < 4.78 is 23.1. The second-order valence-electron chi connectivity index (χ2n) is 6.71. The Labute approximate surface area is 144 Å². The van der Waals surface area contributed by atoms with Crippen molar-refractivity contribution in [1.29, 1.82) is 0 Å². The molecule has 2 heteroatoms. The summed E-state index contributed by atoms with van der Waals surface area (Å²) in [7, 11) is 0. The molecular formula is C21H30O2. The first-order valence-corrected chi connectivity index (χ1v) is 8.56. The molecule has 1 unspecified atom stereocenters. The van der Waals surface area contributed by atoms with Crippen molar-refractivity contribution < 1.29 is 14.3 Å². The Balaban J connectivity index is 2.43. The van der Waals surface area contributed by atoms with E-state index in [0.717, 1.165) is 36.8 Å². The van der Waals surface area contributed by atoms with E-state index in [0.29, 0.717) is 24.0 Å². The minimum atomic E-state index is -2.15. The number of hydrogen-bond donors (Lipinski definition) is 2. The molecule has 0 aromatic heterocycles. The second-order valence-corrected chi connectivity index (χ2v) is 6.71. The molecule has 0 bridgehead atoms. The SMILES string of the molecule is [2H]C([2H])([2H])C1=C[C@H](c2c(O)cc(CCCCC)cc2O)C(C(=C)C)CC1. The van der Waals surface area contributed by atoms with Crippen LogP contribution in [0.25, 0.3) is 0 Å². The van der Waals surface area contributed by atoms with Gasteiger partial charge in [0.1, 0.15) is 11.5 Å². The van der Waals surface area contributed by atoms with Gasteiger partial charge in [0.15, 0.2) is 0 Å². The summed E-state index contributed by atoms with van der Waals surface area (Å²) in [5, 5.41) is 21.2. The molecule has 0 heterocycles. The second kappa shape index (κ2) is 7.72. The van der Waals surface area contributed by atoms with E-state index < -0.39 is 6.85 Å². The van der Waals surface area contributed by atoms with Gasteiger partial charge in [0.25, 0.3) is 0 Å². The quantitative estimate of drug-likeness (QED) is 0.510. The molecule has 0 saturated carbocycles. The van der Waals surface area contributed by atoms with Crippen LogP contribution in [0, 0.1) is 5.92 Å². The molecule has 0 amide bonds. The molecule has 0 spiro atoms. The van der Waals surface area contributed by atoms with Crippen LogP contribution in [0.5, 0.6) is 11.5 Å². The molecular weight excluding hydrogens is 284 g/mol. The van der Waals surface area contributed by atoms with Gasteiger partial charge in [-0.2, -0.15) is 0 Å². The minimum absolute atomic E-state index is 0.00356. The zero-order chi connectivity index (χ0) is 19.5. The van der Waals surface area contributed by atoms with Crippen molar-refractivity contribution in [1.82, 2.24) is 0 Å². The van der Waals surface area contributed by atoms with E-state index in [4.69, 9.17) is 4.11 Å². The zero-order valence-electron chi connectivity index (χ0n) is 17.2. The van der Waals surface area contributed by atoms with Gasteiger partial charge in [0.2, 0.25) is 0 Å². The average molecular weight is 317 g/mol. The molecule has 1 aliphatic carbocycles. The van der Waals surface area contributed by atoms with Crippen molar-refractivity contribution in [3.8, 4) is 11.5 Å². The first kappa shape index (κ1) is 13.7. The highest BCUT2D eigenvalue weighted by Gasteiger charge is 2.29. The normalized spacial score (nSPS) is 23.6. The maximum atomic E-state index is 10.6. The largest absolute Gasteiger partial charge is 0.507 e. The minimum Gasteiger partial charge on any atom is -0.507 e. The number of phenols is 2. The fourth-order valence-electron chi connectivity index (χ4n) is 3.49. The Morgan fingerprint density at radius 3 is 2.57 bits per heavy atom. The van der Waals surface area contributed by atoms with Crippen LogP contribution < -0.4 is 0 Å². The lowest BCUT2D eigenvalue weighted by atomic mass is 9.73. The summed E-state index contributed by atoms with van der Waals surface area (Å²) in [6.45, 7) is 5.93. The lowest BCUT2D eigenvalue weighted by Gasteiger charge is -2.31. The van der Waals surface area contributed by atoms with Gasteiger partial charge in [-0.3, -0.25) is 0 Å². The van der Waals surface area contributed by atoms with E-state index in [-0.39, 0.29) is 23.3 Å². The maximum Gasteiger partial charge on any atom is 0.123 e. The van der Waals surface area contributed by atoms with E-state index in [1.54, 1.807) is 18.2 Å². The van der Waals surface area contributed by atoms with Crippen molar-refractivity contribution in [2.45, 2.75) is 65.1 Å². The van der Waals surface area contributed by atoms with Gasteiger partial charge in [-0.1, -0.05) is 43.6 Å². The molecule has 0 saturated heterocycles. The molecule has 2 nitrogen and oxygen atoms in total. The highest BCUT2D eigenvalue weighted by Crippen LogP contribution is 2.46. The summed E-state index contributed by atoms with van der Waals surface area (Å²) in [6, 6.07) is 3.41. The smallest absolute Gasteiger partial charge is 0.123 e. The van der Waals surface area contributed by atoms with Crippen molar-refractivity contribution in [2.24, 2.45) is 5.92 Å². The van der Waals surface area contributed by atoms with Gasteiger partial charge in [0, 0.05) is 15.6 Å². The third-order valence-electron chi connectivity index (χ3n) is 4.77. The molecule has 0 fully saturated rings. The van der Waals surface area contributed by atoms with Crippen LogP contribution in [0.15, 0.2) is 35.9 Å². The van der Waals surface area contributed by atoms with Crippen LogP contribution >= 0.6 is 0 Å². The van der Waals surface area contributed by atoms with Crippen LogP contribution in [0.3, 0.4) is 0 Å². The molecule has 23 heavy (non-hydrogen) atoms.